The van der Waals surface area contributed by atoms with Crippen LogP contribution >= 0.6 is 0 Å². The molecular formula is C13H27N7O. The Hall–Kier alpha value is -1.67. The van der Waals surface area contributed by atoms with Crippen LogP contribution in [-0.2, 0) is 0 Å². The van der Waals surface area contributed by atoms with E-state index in [4.69, 9.17) is 10.6 Å². The second kappa shape index (κ2) is 9.30. The monoisotopic (exact) mass is 297 g/mol. The Kier molecular flexibility index (Phi) is 7.70. The third kappa shape index (κ3) is 5.31. The van der Waals surface area contributed by atoms with E-state index in [0.717, 1.165) is 32.7 Å². The maximum absolute atomic E-state index is 5.64. The number of anilines is 2. The van der Waals surface area contributed by atoms with Gasteiger partial charge in [0.05, 0.1) is 0 Å². The number of nitrogen functional groups attached to an aromatic ring is 1. The highest BCUT2D eigenvalue weighted by Gasteiger charge is 2.11. The molecule has 1 heterocycles. The Labute approximate surface area is 126 Å². The van der Waals surface area contributed by atoms with Gasteiger partial charge in [-0.2, -0.15) is 15.0 Å². The molecule has 8 heteroatoms. The molecule has 0 saturated carbocycles. The Bertz CT molecular complexity index is 408. The van der Waals surface area contributed by atoms with Gasteiger partial charge in [0, 0.05) is 19.6 Å². The van der Waals surface area contributed by atoms with Crippen LogP contribution in [0.1, 0.15) is 27.7 Å². The lowest BCUT2D eigenvalue weighted by atomic mass is 10.5. The summed E-state index contributed by atoms with van der Waals surface area (Å²) < 4.78 is 5.64. The number of rotatable bonds is 10. The van der Waals surface area contributed by atoms with Gasteiger partial charge in [-0.15, -0.1) is 0 Å². The molecule has 8 nitrogen and oxygen atoms in total. The second-order valence-electron chi connectivity index (χ2n) is 4.43. The fourth-order valence-electron chi connectivity index (χ4n) is 1.93. The van der Waals surface area contributed by atoms with Gasteiger partial charge >= 0.3 is 6.01 Å². The van der Waals surface area contributed by atoms with Crippen molar-refractivity contribution < 1.29 is 4.74 Å². The van der Waals surface area contributed by atoms with Gasteiger partial charge in [-0.3, -0.25) is 5.43 Å². The fraction of sp³-hybridized carbons (Fsp3) is 0.769. The van der Waals surface area contributed by atoms with Crippen molar-refractivity contribution in [2.45, 2.75) is 27.7 Å². The molecule has 1 rings (SSSR count). The first-order valence-corrected chi connectivity index (χ1v) is 7.51. The van der Waals surface area contributed by atoms with Gasteiger partial charge in [0.25, 0.3) is 0 Å². The number of nitrogens with one attached hydrogen (secondary N) is 1. The van der Waals surface area contributed by atoms with E-state index in [1.54, 1.807) is 0 Å². The largest absolute Gasteiger partial charge is 0.462 e. The van der Waals surface area contributed by atoms with Crippen LogP contribution in [0.15, 0.2) is 0 Å². The van der Waals surface area contributed by atoms with E-state index in [-0.39, 0.29) is 0 Å². The van der Waals surface area contributed by atoms with E-state index in [1.807, 2.05) is 18.7 Å². The molecule has 0 unspecified atom stereocenters. The maximum atomic E-state index is 5.64. The predicted octanol–water partition coefficient (Wildman–Crippen LogP) is 0.724. The smallest absolute Gasteiger partial charge is 0.323 e. The van der Waals surface area contributed by atoms with Crippen molar-refractivity contribution in [3.05, 3.63) is 0 Å². The van der Waals surface area contributed by atoms with Gasteiger partial charge in [-0.25, -0.2) is 5.84 Å². The van der Waals surface area contributed by atoms with Gasteiger partial charge in [0.15, 0.2) is 0 Å². The average molecular weight is 297 g/mol. The Morgan fingerprint density at radius 3 is 2.19 bits per heavy atom. The lowest BCUT2D eigenvalue weighted by molar-refractivity contribution is 0.212. The number of ether oxygens (including phenoxy) is 1. The number of nitrogens with zero attached hydrogens (tertiary/aromatic N) is 5. The van der Waals surface area contributed by atoms with Crippen LogP contribution in [-0.4, -0.2) is 59.2 Å². The summed E-state index contributed by atoms with van der Waals surface area (Å²) in [4.78, 5) is 17.0. The molecule has 0 aromatic carbocycles. The maximum Gasteiger partial charge on any atom is 0.323 e. The summed E-state index contributed by atoms with van der Waals surface area (Å²) in [5, 5.41) is 0. The summed E-state index contributed by atoms with van der Waals surface area (Å²) in [5.41, 5.74) is 2.45. The van der Waals surface area contributed by atoms with Crippen molar-refractivity contribution in [1.29, 1.82) is 0 Å². The summed E-state index contributed by atoms with van der Waals surface area (Å²) in [7, 11) is 0. The molecule has 0 atom stereocenters. The van der Waals surface area contributed by atoms with Crippen molar-refractivity contribution in [1.82, 2.24) is 19.9 Å². The summed E-state index contributed by atoms with van der Waals surface area (Å²) >= 11 is 0. The third-order valence-electron chi connectivity index (χ3n) is 3.31. The lowest BCUT2D eigenvalue weighted by Crippen LogP contribution is -2.29. The summed E-state index contributed by atoms with van der Waals surface area (Å²) in [6, 6.07) is 0.298. The van der Waals surface area contributed by atoms with Crippen molar-refractivity contribution in [3.63, 3.8) is 0 Å². The van der Waals surface area contributed by atoms with E-state index in [0.29, 0.717) is 24.5 Å². The molecule has 1 aromatic heterocycles. The Balaban J connectivity index is 2.74. The average Bonchev–Trinajstić information content (AvgIpc) is 2.52. The topological polar surface area (TPSA) is 92.4 Å². The molecule has 0 spiro atoms. The highest BCUT2D eigenvalue weighted by Crippen LogP contribution is 2.14. The van der Waals surface area contributed by atoms with E-state index >= 15 is 0 Å². The zero-order chi connectivity index (χ0) is 15.7. The first-order valence-electron chi connectivity index (χ1n) is 7.51. The number of hydrogen-bond donors (Lipinski definition) is 2. The molecule has 120 valence electrons. The van der Waals surface area contributed by atoms with Crippen molar-refractivity contribution >= 4 is 11.9 Å². The van der Waals surface area contributed by atoms with Crippen LogP contribution in [0.5, 0.6) is 6.01 Å². The number of hydrogen-bond acceptors (Lipinski definition) is 8. The minimum atomic E-state index is 0.298. The van der Waals surface area contributed by atoms with E-state index in [9.17, 15) is 0 Å². The number of hydrazine groups is 1. The van der Waals surface area contributed by atoms with Crippen LogP contribution in [0.3, 0.4) is 0 Å². The molecule has 21 heavy (non-hydrogen) atoms. The summed E-state index contributed by atoms with van der Waals surface area (Å²) in [6.45, 7) is 13.3. The Morgan fingerprint density at radius 2 is 1.67 bits per heavy atom. The molecule has 0 radical (unpaired) electrons. The zero-order valence-corrected chi connectivity index (χ0v) is 13.5. The minimum Gasteiger partial charge on any atom is -0.462 e. The molecule has 3 N–H and O–H groups in total. The fourth-order valence-corrected chi connectivity index (χ4v) is 1.93. The SMILES string of the molecule is CCN(CC)CCOc1nc(NN)nc(N(CC)CC)n1. The van der Waals surface area contributed by atoms with Crippen LogP contribution < -0.4 is 20.9 Å². The Morgan fingerprint density at radius 1 is 1.00 bits per heavy atom. The molecule has 1 aromatic rings. The molecule has 0 fully saturated rings. The predicted molar refractivity (Wildman–Crippen MR) is 84.5 cm³/mol. The van der Waals surface area contributed by atoms with Gasteiger partial charge in [-0.05, 0) is 26.9 Å². The minimum absolute atomic E-state index is 0.298. The van der Waals surface area contributed by atoms with E-state index in [2.05, 4.69) is 39.1 Å². The van der Waals surface area contributed by atoms with E-state index < -0.39 is 0 Å². The number of aromatic nitrogens is 3. The molecule has 0 aliphatic rings. The third-order valence-corrected chi connectivity index (χ3v) is 3.31. The van der Waals surface area contributed by atoms with Gasteiger partial charge in [0.2, 0.25) is 11.9 Å². The van der Waals surface area contributed by atoms with E-state index in [1.165, 1.54) is 0 Å². The van der Waals surface area contributed by atoms with Crippen LogP contribution in [0.4, 0.5) is 11.9 Å². The zero-order valence-electron chi connectivity index (χ0n) is 13.5. The van der Waals surface area contributed by atoms with Crippen LogP contribution in [0, 0.1) is 0 Å². The molecule has 0 bridgehead atoms. The molecular weight excluding hydrogens is 270 g/mol. The standard InChI is InChI=1S/C13H27N7O/c1-5-19(6-2)9-10-21-13-16-11(18-14)15-12(17-13)20(7-3)8-4/h5-10,14H2,1-4H3,(H,15,16,17,18). The second-order valence-corrected chi connectivity index (χ2v) is 4.43. The van der Waals surface area contributed by atoms with Crippen molar-refractivity contribution in [2.75, 3.05) is 49.7 Å². The number of likely N-dealkylation sites (N-methyl/N-ethyl adjacent to an activating group) is 1. The first-order chi connectivity index (χ1) is 10.2. The highest BCUT2D eigenvalue weighted by molar-refractivity contribution is 5.37. The van der Waals surface area contributed by atoms with Crippen molar-refractivity contribution in [3.8, 4) is 6.01 Å². The lowest BCUT2D eigenvalue weighted by Gasteiger charge is -2.20. The molecule has 0 aliphatic carbocycles. The van der Waals surface area contributed by atoms with Crippen LogP contribution in [0.25, 0.3) is 0 Å². The first kappa shape index (κ1) is 17.4. The van der Waals surface area contributed by atoms with Crippen molar-refractivity contribution in [2.24, 2.45) is 5.84 Å². The van der Waals surface area contributed by atoms with Gasteiger partial charge < -0.3 is 14.5 Å². The van der Waals surface area contributed by atoms with Gasteiger partial charge in [-0.1, -0.05) is 13.8 Å². The summed E-state index contributed by atoms with van der Waals surface area (Å²) in [6.07, 6.45) is 0. The molecule has 0 saturated heterocycles. The number of nitrogens with two attached hydrogens (primary N) is 1. The molecule has 0 amide bonds. The highest BCUT2D eigenvalue weighted by atomic mass is 16.5. The molecule has 0 aliphatic heterocycles. The van der Waals surface area contributed by atoms with Crippen LogP contribution in [0.2, 0.25) is 0 Å². The normalized spacial score (nSPS) is 10.8. The summed E-state index contributed by atoms with van der Waals surface area (Å²) in [5.74, 6) is 6.29. The quantitative estimate of drug-likeness (QED) is 0.482. The van der Waals surface area contributed by atoms with Gasteiger partial charge in [0.1, 0.15) is 6.61 Å².